The van der Waals surface area contributed by atoms with Crippen LogP contribution in [0.25, 0.3) is 11.3 Å². The lowest BCUT2D eigenvalue weighted by Crippen LogP contribution is -2.38. The lowest BCUT2D eigenvalue weighted by Gasteiger charge is -2.21. The van der Waals surface area contributed by atoms with Crippen molar-refractivity contribution in [1.29, 1.82) is 0 Å². The van der Waals surface area contributed by atoms with Gasteiger partial charge in [0.2, 0.25) is 0 Å². The van der Waals surface area contributed by atoms with Crippen molar-refractivity contribution in [3.05, 3.63) is 72.2 Å². The van der Waals surface area contributed by atoms with Crippen LogP contribution in [0.5, 0.6) is 5.75 Å². The van der Waals surface area contributed by atoms with Crippen LogP contribution in [0.15, 0.2) is 65.8 Å². The monoisotopic (exact) mass is 421 g/mol. The molecule has 0 saturated heterocycles. The standard InChI is InChI=1S/C24H31N5O2/c1-25-24(27-16-19-9-7-12-21(15-19)31-14-8-13-30-3)29(2)18-23-26-17-22(28-23)20-10-5-4-6-11-20/h4-7,9-12,15,17H,8,13-14,16,18H2,1-3H3,(H,25,27)(H,26,28). The summed E-state index contributed by atoms with van der Waals surface area (Å²) in [5.41, 5.74) is 3.26. The first-order valence-corrected chi connectivity index (χ1v) is 10.4. The van der Waals surface area contributed by atoms with Crippen molar-refractivity contribution in [3.63, 3.8) is 0 Å². The van der Waals surface area contributed by atoms with E-state index >= 15 is 0 Å². The highest BCUT2D eigenvalue weighted by Crippen LogP contribution is 2.17. The molecule has 0 aliphatic carbocycles. The number of ether oxygens (including phenoxy) is 2. The van der Waals surface area contributed by atoms with Gasteiger partial charge in [0.25, 0.3) is 0 Å². The Labute approximate surface area is 184 Å². The van der Waals surface area contributed by atoms with Gasteiger partial charge in [0.1, 0.15) is 11.6 Å². The van der Waals surface area contributed by atoms with E-state index in [0.29, 0.717) is 26.3 Å². The minimum Gasteiger partial charge on any atom is -0.493 e. The third-order valence-electron chi connectivity index (χ3n) is 4.78. The molecule has 0 amide bonds. The number of benzene rings is 2. The lowest BCUT2D eigenvalue weighted by atomic mass is 10.2. The Bertz CT molecular complexity index is 955. The predicted molar refractivity (Wildman–Crippen MR) is 124 cm³/mol. The summed E-state index contributed by atoms with van der Waals surface area (Å²) in [7, 11) is 5.48. The maximum absolute atomic E-state index is 5.79. The van der Waals surface area contributed by atoms with Gasteiger partial charge < -0.3 is 24.7 Å². The molecular formula is C24H31N5O2. The van der Waals surface area contributed by atoms with E-state index < -0.39 is 0 Å². The molecule has 164 valence electrons. The van der Waals surface area contributed by atoms with Crippen LogP contribution in [0.4, 0.5) is 0 Å². The maximum Gasteiger partial charge on any atom is 0.194 e. The van der Waals surface area contributed by atoms with E-state index in [9.17, 15) is 0 Å². The summed E-state index contributed by atoms with van der Waals surface area (Å²) in [5, 5.41) is 3.41. The number of methoxy groups -OCH3 is 1. The third kappa shape index (κ3) is 6.86. The number of aliphatic imine (C=N–C) groups is 1. The molecule has 0 aliphatic rings. The number of rotatable bonds is 10. The number of aromatic nitrogens is 2. The van der Waals surface area contributed by atoms with E-state index in [1.807, 2.05) is 54.5 Å². The molecule has 0 aliphatic heterocycles. The fraction of sp³-hybridized carbons (Fsp3) is 0.333. The van der Waals surface area contributed by atoms with Gasteiger partial charge in [0.15, 0.2) is 5.96 Å². The van der Waals surface area contributed by atoms with E-state index in [-0.39, 0.29) is 0 Å². The van der Waals surface area contributed by atoms with Crippen molar-refractivity contribution in [1.82, 2.24) is 20.2 Å². The zero-order chi connectivity index (χ0) is 21.9. The summed E-state index contributed by atoms with van der Waals surface area (Å²) in [6.45, 7) is 2.62. The molecule has 3 rings (SSSR count). The number of hydrogen-bond acceptors (Lipinski definition) is 4. The first-order chi connectivity index (χ1) is 15.2. The second kappa shape index (κ2) is 11.8. The maximum atomic E-state index is 5.79. The van der Waals surface area contributed by atoms with Gasteiger partial charge in [-0.3, -0.25) is 4.99 Å². The van der Waals surface area contributed by atoms with Crippen LogP contribution in [0.3, 0.4) is 0 Å². The molecule has 7 nitrogen and oxygen atoms in total. The zero-order valence-corrected chi connectivity index (χ0v) is 18.5. The Morgan fingerprint density at radius 1 is 1.13 bits per heavy atom. The van der Waals surface area contributed by atoms with Gasteiger partial charge in [-0.2, -0.15) is 0 Å². The molecule has 0 unspecified atom stereocenters. The number of guanidine groups is 1. The summed E-state index contributed by atoms with van der Waals surface area (Å²) >= 11 is 0. The summed E-state index contributed by atoms with van der Waals surface area (Å²) < 4.78 is 10.8. The van der Waals surface area contributed by atoms with Crippen LogP contribution in [0.2, 0.25) is 0 Å². The van der Waals surface area contributed by atoms with Crippen LogP contribution >= 0.6 is 0 Å². The fourth-order valence-corrected chi connectivity index (χ4v) is 3.21. The van der Waals surface area contributed by atoms with Gasteiger partial charge in [-0.25, -0.2) is 4.98 Å². The first kappa shape index (κ1) is 22.4. The second-order valence-corrected chi connectivity index (χ2v) is 7.21. The van der Waals surface area contributed by atoms with Gasteiger partial charge >= 0.3 is 0 Å². The van der Waals surface area contributed by atoms with Crippen molar-refractivity contribution in [2.45, 2.75) is 19.5 Å². The van der Waals surface area contributed by atoms with E-state index in [1.165, 1.54) is 0 Å². The molecule has 1 aromatic heterocycles. The Morgan fingerprint density at radius 2 is 1.97 bits per heavy atom. The SMILES string of the molecule is CN=C(NCc1cccc(OCCCOC)c1)N(C)Cc1ncc(-c2ccccc2)[nH]1. The normalized spacial score (nSPS) is 11.4. The fourth-order valence-electron chi connectivity index (χ4n) is 3.21. The molecule has 31 heavy (non-hydrogen) atoms. The molecule has 0 fully saturated rings. The largest absolute Gasteiger partial charge is 0.493 e. The number of imidazole rings is 1. The van der Waals surface area contributed by atoms with Crippen molar-refractivity contribution >= 4 is 5.96 Å². The van der Waals surface area contributed by atoms with Gasteiger partial charge in [-0.15, -0.1) is 0 Å². The molecule has 0 saturated carbocycles. The molecule has 3 aromatic rings. The summed E-state index contributed by atoms with van der Waals surface area (Å²) in [5.74, 6) is 2.54. The highest BCUT2D eigenvalue weighted by Gasteiger charge is 2.10. The number of nitrogens with zero attached hydrogens (tertiary/aromatic N) is 3. The van der Waals surface area contributed by atoms with Crippen molar-refractivity contribution in [2.75, 3.05) is 34.4 Å². The topological polar surface area (TPSA) is 74.8 Å². The Hall–Kier alpha value is -3.32. The average molecular weight is 422 g/mol. The first-order valence-electron chi connectivity index (χ1n) is 10.4. The smallest absolute Gasteiger partial charge is 0.194 e. The summed E-state index contributed by atoms with van der Waals surface area (Å²) in [6.07, 6.45) is 2.74. The molecule has 7 heteroatoms. The van der Waals surface area contributed by atoms with Gasteiger partial charge in [0, 0.05) is 40.8 Å². The van der Waals surface area contributed by atoms with Crippen LogP contribution in [-0.4, -0.2) is 55.2 Å². The lowest BCUT2D eigenvalue weighted by molar-refractivity contribution is 0.172. The van der Waals surface area contributed by atoms with Crippen LogP contribution in [0, 0.1) is 0 Å². The number of aromatic amines is 1. The van der Waals surface area contributed by atoms with Gasteiger partial charge in [-0.1, -0.05) is 42.5 Å². The molecule has 0 bridgehead atoms. The second-order valence-electron chi connectivity index (χ2n) is 7.21. The predicted octanol–water partition coefficient (Wildman–Crippen LogP) is 3.70. The zero-order valence-electron chi connectivity index (χ0n) is 18.5. The Kier molecular flexibility index (Phi) is 8.48. The van der Waals surface area contributed by atoms with E-state index in [1.54, 1.807) is 14.2 Å². The van der Waals surface area contributed by atoms with Crippen LogP contribution in [0.1, 0.15) is 17.8 Å². The Balaban J connectivity index is 1.53. The van der Waals surface area contributed by atoms with Crippen molar-refractivity contribution in [2.24, 2.45) is 4.99 Å². The molecule has 2 aromatic carbocycles. The third-order valence-corrected chi connectivity index (χ3v) is 4.78. The van der Waals surface area contributed by atoms with E-state index in [4.69, 9.17) is 9.47 Å². The number of H-pyrrole nitrogens is 1. The number of hydrogen-bond donors (Lipinski definition) is 2. The minimum absolute atomic E-state index is 0.620. The average Bonchev–Trinajstić information content (AvgIpc) is 3.26. The van der Waals surface area contributed by atoms with E-state index in [2.05, 4.69) is 38.5 Å². The molecule has 0 atom stereocenters. The van der Waals surface area contributed by atoms with Crippen molar-refractivity contribution in [3.8, 4) is 17.0 Å². The quantitative estimate of drug-likeness (QED) is 0.297. The minimum atomic E-state index is 0.620. The van der Waals surface area contributed by atoms with Gasteiger partial charge in [0.05, 0.1) is 25.0 Å². The summed E-state index contributed by atoms with van der Waals surface area (Å²) in [6, 6.07) is 18.3. The highest BCUT2D eigenvalue weighted by molar-refractivity contribution is 5.79. The molecule has 0 radical (unpaired) electrons. The van der Waals surface area contributed by atoms with Crippen LogP contribution in [-0.2, 0) is 17.8 Å². The molecular weight excluding hydrogens is 390 g/mol. The number of nitrogens with one attached hydrogen (secondary N) is 2. The highest BCUT2D eigenvalue weighted by atomic mass is 16.5. The molecule has 1 heterocycles. The van der Waals surface area contributed by atoms with Crippen molar-refractivity contribution < 1.29 is 9.47 Å². The molecule has 2 N–H and O–H groups in total. The summed E-state index contributed by atoms with van der Waals surface area (Å²) in [4.78, 5) is 14.3. The van der Waals surface area contributed by atoms with Crippen LogP contribution < -0.4 is 10.1 Å². The Morgan fingerprint density at radius 3 is 2.74 bits per heavy atom. The van der Waals surface area contributed by atoms with E-state index in [0.717, 1.165) is 40.8 Å². The van der Waals surface area contributed by atoms with Gasteiger partial charge in [-0.05, 0) is 23.3 Å². The molecule has 0 spiro atoms.